The summed E-state index contributed by atoms with van der Waals surface area (Å²) in [4.78, 5) is 16.4. The van der Waals surface area contributed by atoms with Gasteiger partial charge in [-0.15, -0.1) is 11.3 Å². The molecular weight excluding hydrogens is 535 g/mol. The summed E-state index contributed by atoms with van der Waals surface area (Å²) >= 11 is 4.87. The first kappa shape index (κ1) is 22.9. The van der Waals surface area contributed by atoms with Crippen LogP contribution < -0.4 is 14.9 Å². The predicted molar refractivity (Wildman–Crippen MR) is 126 cm³/mol. The number of nitrogens with zero attached hydrogens (tertiary/aromatic N) is 1. The van der Waals surface area contributed by atoms with Crippen molar-refractivity contribution in [1.82, 2.24) is 4.90 Å². The van der Waals surface area contributed by atoms with E-state index in [1.54, 1.807) is 35.6 Å². The van der Waals surface area contributed by atoms with Crippen molar-refractivity contribution in [3.05, 3.63) is 84.8 Å². The zero-order valence-electron chi connectivity index (χ0n) is 17.5. The van der Waals surface area contributed by atoms with Gasteiger partial charge in [-0.25, -0.2) is 0 Å². The van der Waals surface area contributed by atoms with Gasteiger partial charge in [0.15, 0.2) is 0 Å². The second kappa shape index (κ2) is 9.09. The number of rotatable bonds is 5. The van der Waals surface area contributed by atoms with Gasteiger partial charge in [-0.1, -0.05) is 18.2 Å². The summed E-state index contributed by atoms with van der Waals surface area (Å²) in [7, 11) is 0. The van der Waals surface area contributed by atoms with Gasteiger partial charge in [-0.3, -0.25) is 9.69 Å². The van der Waals surface area contributed by atoms with Gasteiger partial charge < -0.3 is 13.9 Å². The van der Waals surface area contributed by atoms with Crippen molar-refractivity contribution in [2.45, 2.75) is 19.1 Å². The monoisotopic (exact) mass is 551 g/mol. The fourth-order valence-electron chi connectivity index (χ4n) is 3.78. The van der Waals surface area contributed by atoms with E-state index in [4.69, 9.17) is 13.9 Å². The maximum atomic E-state index is 14.0. The summed E-state index contributed by atoms with van der Waals surface area (Å²) in [6.45, 7) is 1.24. The number of ether oxygens (including phenoxy) is 2. The molecule has 176 valence electrons. The third kappa shape index (κ3) is 4.45. The lowest BCUT2D eigenvalue weighted by molar-refractivity contribution is -0.154. The summed E-state index contributed by atoms with van der Waals surface area (Å²) in [6.07, 6.45) is -4.16. The zero-order valence-corrected chi connectivity index (χ0v) is 19.9. The molecule has 0 unspecified atom stereocenters. The normalized spacial score (nSPS) is 14.1. The summed E-state index contributed by atoms with van der Waals surface area (Å²) in [6, 6.07) is 13.3. The van der Waals surface area contributed by atoms with Crippen molar-refractivity contribution in [2.24, 2.45) is 0 Å². The predicted octanol–water partition coefficient (Wildman–Crippen LogP) is 6.82. The van der Waals surface area contributed by atoms with Gasteiger partial charge in [-0.2, -0.15) is 13.2 Å². The quantitative estimate of drug-likeness (QED) is 0.272. The Morgan fingerprint density at radius 3 is 2.68 bits per heavy atom. The Kier molecular flexibility index (Phi) is 6.13. The topological polar surface area (TPSA) is 51.9 Å². The van der Waals surface area contributed by atoms with Gasteiger partial charge in [0.05, 0.1) is 15.4 Å². The first-order valence-corrected chi connectivity index (χ1v) is 12.0. The zero-order chi connectivity index (χ0) is 23.9. The Bertz CT molecular complexity index is 1400. The van der Waals surface area contributed by atoms with Crippen molar-refractivity contribution in [2.75, 3.05) is 13.3 Å². The number of thiophene rings is 1. The van der Waals surface area contributed by atoms with Crippen LogP contribution in [0, 0.1) is 0 Å². The van der Waals surface area contributed by atoms with E-state index < -0.39 is 23.1 Å². The third-order valence-electron chi connectivity index (χ3n) is 5.42. The van der Waals surface area contributed by atoms with Gasteiger partial charge in [0.2, 0.25) is 11.2 Å². The molecule has 3 heterocycles. The average molecular weight is 552 g/mol. The molecule has 0 N–H and O–H groups in total. The minimum absolute atomic E-state index is 0.00231. The van der Waals surface area contributed by atoms with Gasteiger partial charge in [0.1, 0.15) is 23.8 Å². The van der Waals surface area contributed by atoms with Crippen molar-refractivity contribution >= 4 is 38.2 Å². The molecule has 0 saturated heterocycles. The summed E-state index contributed by atoms with van der Waals surface area (Å²) in [5.41, 5.74) is -0.636. The SMILES string of the molecule is O=c1c(Oc2ccccc2Br)c(C(F)(F)F)oc2c3c(ccc12)OCN(CCc1cccs1)C3. The van der Waals surface area contributed by atoms with Crippen LogP contribution in [0.5, 0.6) is 17.2 Å². The van der Waals surface area contributed by atoms with Gasteiger partial charge in [-0.05, 0) is 58.1 Å². The van der Waals surface area contributed by atoms with Crippen LogP contribution in [0.25, 0.3) is 11.0 Å². The first-order chi connectivity index (χ1) is 16.3. The minimum atomic E-state index is -4.94. The molecule has 0 radical (unpaired) electrons. The Morgan fingerprint density at radius 1 is 1.12 bits per heavy atom. The largest absolute Gasteiger partial charge is 0.478 e. The Balaban J connectivity index is 1.57. The highest BCUT2D eigenvalue weighted by Crippen LogP contribution is 2.41. The van der Waals surface area contributed by atoms with Crippen molar-refractivity contribution in [3.8, 4) is 17.2 Å². The standard InChI is InChI=1S/C24H17BrF3NO4S/c25-17-5-1-2-6-19(17)32-22-20(30)15-7-8-18-16(21(15)33-23(22)24(26,27)28)12-29(13-31-18)10-9-14-4-3-11-34-14/h1-8,11H,9-10,12-13H2. The van der Waals surface area contributed by atoms with E-state index in [1.165, 1.54) is 17.0 Å². The molecule has 5 rings (SSSR count). The van der Waals surface area contributed by atoms with E-state index in [2.05, 4.69) is 15.9 Å². The molecule has 1 aliphatic rings. The van der Waals surface area contributed by atoms with Crippen LogP contribution >= 0.6 is 27.3 Å². The number of halogens is 4. The van der Waals surface area contributed by atoms with Crippen LogP contribution in [0.3, 0.4) is 0 Å². The number of hydrogen-bond acceptors (Lipinski definition) is 6. The summed E-state index contributed by atoms with van der Waals surface area (Å²) in [5, 5.41) is 1.99. The minimum Gasteiger partial charge on any atom is -0.478 e. The maximum Gasteiger partial charge on any atom is 0.453 e. The molecule has 0 amide bonds. The highest BCUT2D eigenvalue weighted by atomic mass is 79.9. The molecular formula is C24H17BrF3NO4S. The van der Waals surface area contributed by atoms with Crippen LogP contribution in [-0.4, -0.2) is 18.2 Å². The lowest BCUT2D eigenvalue weighted by Crippen LogP contribution is -2.33. The fourth-order valence-corrected chi connectivity index (χ4v) is 4.84. The number of alkyl halides is 3. The maximum absolute atomic E-state index is 14.0. The smallest absolute Gasteiger partial charge is 0.453 e. The second-order valence-electron chi connectivity index (χ2n) is 7.69. The number of benzene rings is 2. The molecule has 0 saturated carbocycles. The highest BCUT2D eigenvalue weighted by molar-refractivity contribution is 9.10. The molecule has 1 aliphatic heterocycles. The average Bonchev–Trinajstić information content (AvgIpc) is 3.33. The van der Waals surface area contributed by atoms with Gasteiger partial charge in [0, 0.05) is 18.0 Å². The molecule has 0 spiro atoms. The first-order valence-electron chi connectivity index (χ1n) is 10.3. The molecule has 5 nitrogen and oxygen atoms in total. The van der Waals surface area contributed by atoms with Crippen molar-refractivity contribution < 1.29 is 27.1 Å². The van der Waals surface area contributed by atoms with E-state index in [1.807, 2.05) is 22.4 Å². The fraction of sp³-hybridized carbons (Fsp3) is 0.208. The number of para-hydroxylation sites is 1. The van der Waals surface area contributed by atoms with Crippen molar-refractivity contribution in [3.63, 3.8) is 0 Å². The van der Waals surface area contributed by atoms with Crippen LogP contribution in [0.1, 0.15) is 16.2 Å². The van der Waals surface area contributed by atoms with Gasteiger partial charge in [0.25, 0.3) is 5.76 Å². The van der Waals surface area contributed by atoms with Crippen LogP contribution in [-0.2, 0) is 19.1 Å². The number of fused-ring (bicyclic) bond motifs is 3. The van der Waals surface area contributed by atoms with E-state index in [0.717, 1.165) is 6.42 Å². The molecule has 34 heavy (non-hydrogen) atoms. The Labute approximate surface area is 204 Å². The van der Waals surface area contributed by atoms with E-state index in [9.17, 15) is 18.0 Å². The van der Waals surface area contributed by atoms with Gasteiger partial charge >= 0.3 is 6.18 Å². The second-order valence-corrected chi connectivity index (χ2v) is 9.58. The van der Waals surface area contributed by atoms with Crippen LogP contribution in [0.2, 0.25) is 0 Å². The van der Waals surface area contributed by atoms with Crippen molar-refractivity contribution in [1.29, 1.82) is 0 Å². The molecule has 2 aromatic heterocycles. The van der Waals surface area contributed by atoms with E-state index in [-0.39, 0.29) is 16.7 Å². The third-order valence-corrected chi connectivity index (χ3v) is 7.02. The molecule has 2 aromatic carbocycles. The molecule has 10 heteroatoms. The lowest BCUT2D eigenvalue weighted by atomic mass is 10.1. The van der Waals surface area contributed by atoms with Crippen LogP contribution in [0.15, 0.2) is 67.6 Å². The lowest BCUT2D eigenvalue weighted by Gasteiger charge is -2.29. The highest BCUT2D eigenvalue weighted by Gasteiger charge is 2.41. The molecule has 0 fully saturated rings. The summed E-state index contributed by atoms with van der Waals surface area (Å²) in [5.74, 6) is -1.92. The molecule has 4 aromatic rings. The Hall–Kier alpha value is -2.82. The molecule has 0 bridgehead atoms. The van der Waals surface area contributed by atoms with Crippen LogP contribution in [0.4, 0.5) is 13.2 Å². The van der Waals surface area contributed by atoms with E-state index in [0.29, 0.717) is 35.6 Å². The molecule has 0 aliphatic carbocycles. The summed E-state index contributed by atoms with van der Waals surface area (Å²) < 4.78 is 58.9. The van der Waals surface area contributed by atoms with E-state index >= 15 is 0 Å². The Morgan fingerprint density at radius 2 is 1.94 bits per heavy atom. The molecule has 0 atom stereocenters. The number of hydrogen-bond donors (Lipinski definition) is 0.